The Hall–Kier alpha value is -1.57. The van der Waals surface area contributed by atoms with E-state index in [9.17, 15) is 4.79 Å². The Kier molecular flexibility index (Phi) is 8.99. The monoisotopic (exact) mass is 526 g/mol. The number of para-hydroxylation sites is 2. The van der Waals surface area contributed by atoms with Crippen LogP contribution in [0.15, 0.2) is 57.5 Å². The van der Waals surface area contributed by atoms with Gasteiger partial charge in [-0.1, -0.05) is 38.1 Å². The van der Waals surface area contributed by atoms with Gasteiger partial charge in [0, 0.05) is 5.92 Å². The highest BCUT2D eigenvalue weighted by molar-refractivity contribution is 9.10. The Morgan fingerprint density at radius 1 is 1.00 bits per heavy atom. The lowest BCUT2D eigenvalue weighted by atomic mass is 9.83. The number of benzene rings is 2. The fourth-order valence-corrected chi connectivity index (χ4v) is 3.63. The van der Waals surface area contributed by atoms with E-state index in [2.05, 4.69) is 37.2 Å². The van der Waals surface area contributed by atoms with Crippen molar-refractivity contribution in [3.8, 4) is 11.5 Å². The number of carbonyl (C=O) groups is 1. The number of rotatable bonds is 10. The molecule has 1 amide bonds. The van der Waals surface area contributed by atoms with Crippen LogP contribution in [0, 0.1) is 5.92 Å². The third kappa shape index (κ3) is 6.46. The molecule has 0 radical (unpaired) electrons. The van der Waals surface area contributed by atoms with Crippen LogP contribution in [0.5, 0.6) is 11.5 Å². The van der Waals surface area contributed by atoms with Gasteiger partial charge in [0.05, 0.1) is 21.6 Å². The Morgan fingerprint density at radius 2 is 1.48 bits per heavy atom. The summed E-state index contributed by atoms with van der Waals surface area (Å²) in [4.78, 5) is 12.9. The molecule has 2 rings (SSSR count). The van der Waals surface area contributed by atoms with Crippen LogP contribution in [0.1, 0.15) is 27.2 Å². The maximum Gasteiger partial charge on any atom is 0.240 e. The first-order valence-electron chi connectivity index (χ1n) is 9.62. The Bertz CT molecular complexity index is 818. The van der Waals surface area contributed by atoms with Crippen molar-refractivity contribution in [2.75, 3.05) is 13.2 Å². The van der Waals surface area contributed by atoms with Gasteiger partial charge in [0.25, 0.3) is 0 Å². The van der Waals surface area contributed by atoms with Gasteiger partial charge in [-0.25, -0.2) is 0 Å². The molecular formula is C22H28Br2N2O3. The summed E-state index contributed by atoms with van der Waals surface area (Å²) < 4.78 is 13.4. The molecule has 0 heterocycles. The number of ether oxygens (including phenoxy) is 2. The van der Waals surface area contributed by atoms with E-state index in [1.54, 1.807) is 0 Å². The van der Waals surface area contributed by atoms with Gasteiger partial charge in [0.2, 0.25) is 5.91 Å². The van der Waals surface area contributed by atoms with Crippen LogP contribution in [0.4, 0.5) is 0 Å². The highest BCUT2D eigenvalue weighted by Gasteiger charge is 2.39. The van der Waals surface area contributed by atoms with Gasteiger partial charge in [0.15, 0.2) is 0 Å². The summed E-state index contributed by atoms with van der Waals surface area (Å²) in [5.74, 6) is 1.08. The fourth-order valence-electron chi connectivity index (χ4n) is 2.83. The second-order valence-electron chi connectivity index (χ2n) is 7.15. The summed E-state index contributed by atoms with van der Waals surface area (Å²) >= 11 is 6.92. The van der Waals surface area contributed by atoms with Crippen LogP contribution in [-0.4, -0.2) is 30.7 Å². The van der Waals surface area contributed by atoms with Crippen molar-refractivity contribution in [2.45, 2.75) is 38.8 Å². The van der Waals surface area contributed by atoms with Crippen molar-refractivity contribution in [1.82, 2.24) is 5.32 Å². The van der Waals surface area contributed by atoms with Gasteiger partial charge in [-0.05, 0) is 69.5 Å². The minimum atomic E-state index is -1.04. The average Bonchev–Trinajstić information content (AvgIpc) is 2.71. The number of carbonyl (C=O) groups excluding carboxylic acids is 1. The number of hydrogen-bond acceptors (Lipinski definition) is 4. The van der Waals surface area contributed by atoms with E-state index in [0.717, 1.165) is 20.4 Å². The molecule has 7 heteroatoms. The Balaban J connectivity index is 1.92. The summed E-state index contributed by atoms with van der Waals surface area (Å²) in [6.45, 7) is 6.42. The van der Waals surface area contributed by atoms with Gasteiger partial charge in [-0.15, -0.1) is 0 Å². The molecule has 0 spiro atoms. The van der Waals surface area contributed by atoms with Crippen molar-refractivity contribution in [3.05, 3.63) is 57.5 Å². The van der Waals surface area contributed by atoms with E-state index < -0.39 is 5.54 Å². The van der Waals surface area contributed by atoms with E-state index in [0.29, 0.717) is 19.6 Å². The summed E-state index contributed by atoms with van der Waals surface area (Å²) in [5, 5.41) is 2.98. The molecule has 1 unspecified atom stereocenters. The molecule has 0 aliphatic rings. The largest absolute Gasteiger partial charge is 0.492 e. The standard InChI is InChI=1S/C22H28Br2N2O3/c1-4-22(25,15(2)13-28-19-11-7-5-9-17(19)23)21(27)26-16(3)14-29-20-12-8-6-10-18(20)24/h5-12,15-16H,4,13-14,25H2,1-3H3,(H,26,27)/t15-,16+,22?/m0/s1. The van der Waals surface area contributed by atoms with Crippen LogP contribution >= 0.6 is 31.9 Å². The second-order valence-corrected chi connectivity index (χ2v) is 8.86. The lowest BCUT2D eigenvalue weighted by molar-refractivity contribution is -0.129. The Labute approximate surface area is 189 Å². The number of hydrogen-bond donors (Lipinski definition) is 2. The zero-order chi connectivity index (χ0) is 21.4. The van der Waals surface area contributed by atoms with E-state index >= 15 is 0 Å². The molecule has 0 bridgehead atoms. The van der Waals surface area contributed by atoms with Gasteiger partial charge in [0.1, 0.15) is 23.6 Å². The lowest BCUT2D eigenvalue weighted by Crippen LogP contribution is -2.60. The minimum absolute atomic E-state index is 0.184. The normalized spacial score (nSPS) is 15.1. The maximum absolute atomic E-state index is 12.9. The summed E-state index contributed by atoms with van der Waals surface area (Å²) in [5.41, 5.74) is 5.48. The van der Waals surface area contributed by atoms with Gasteiger partial charge in [-0.3, -0.25) is 4.79 Å². The van der Waals surface area contributed by atoms with Gasteiger partial charge in [-0.2, -0.15) is 0 Å². The molecule has 2 aromatic carbocycles. The van der Waals surface area contributed by atoms with Crippen molar-refractivity contribution in [3.63, 3.8) is 0 Å². The molecule has 5 nitrogen and oxygen atoms in total. The van der Waals surface area contributed by atoms with Crippen molar-refractivity contribution < 1.29 is 14.3 Å². The minimum Gasteiger partial charge on any atom is -0.492 e. The van der Waals surface area contributed by atoms with Gasteiger partial charge < -0.3 is 20.5 Å². The highest BCUT2D eigenvalue weighted by Crippen LogP contribution is 2.27. The molecule has 0 aliphatic heterocycles. The van der Waals surface area contributed by atoms with Gasteiger partial charge >= 0.3 is 0 Å². The number of nitrogens with two attached hydrogens (primary N) is 1. The predicted octanol–water partition coefficient (Wildman–Crippen LogP) is 4.92. The maximum atomic E-state index is 12.9. The van der Waals surface area contributed by atoms with Crippen LogP contribution in [0.2, 0.25) is 0 Å². The topological polar surface area (TPSA) is 73.6 Å². The zero-order valence-corrected chi connectivity index (χ0v) is 20.1. The molecule has 0 fully saturated rings. The molecule has 29 heavy (non-hydrogen) atoms. The summed E-state index contributed by atoms with van der Waals surface area (Å²) in [6, 6.07) is 15.0. The SMILES string of the molecule is CCC(N)(C(=O)N[C@H](C)COc1ccccc1Br)[C@@H](C)COc1ccccc1Br. The lowest BCUT2D eigenvalue weighted by Gasteiger charge is -2.34. The molecule has 0 saturated carbocycles. The molecule has 3 atom stereocenters. The first kappa shape index (κ1) is 23.7. The van der Waals surface area contributed by atoms with Crippen molar-refractivity contribution in [2.24, 2.45) is 11.7 Å². The molecule has 158 valence electrons. The smallest absolute Gasteiger partial charge is 0.240 e. The summed E-state index contributed by atoms with van der Waals surface area (Å²) in [7, 11) is 0. The number of halogens is 2. The van der Waals surface area contributed by atoms with Crippen LogP contribution in [0.25, 0.3) is 0 Å². The van der Waals surface area contributed by atoms with E-state index in [4.69, 9.17) is 15.2 Å². The van der Waals surface area contributed by atoms with E-state index in [1.807, 2.05) is 69.3 Å². The van der Waals surface area contributed by atoms with E-state index in [-0.39, 0.29) is 17.9 Å². The third-order valence-electron chi connectivity index (χ3n) is 4.92. The molecule has 2 aromatic rings. The van der Waals surface area contributed by atoms with Crippen LogP contribution in [-0.2, 0) is 4.79 Å². The molecule has 0 aromatic heterocycles. The second kappa shape index (κ2) is 11.0. The van der Waals surface area contributed by atoms with E-state index in [1.165, 1.54) is 0 Å². The predicted molar refractivity (Wildman–Crippen MR) is 123 cm³/mol. The first-order valence-corrected chi connectivity index (χ1v) is 11.2. The fraction of sp³-hybridized carbons (Fsp3) is 0.409. The quantitative estimate of drug-likeness (QED) is 0.460. The zero-order valence-electron chi connectivity index (χ0n) is 17.0. The molecule has 3 N–H and O–H groups in total. The first-order chi connectivity index (χ1) is 13.8. The van der Waals surface area contributed by atoms with Crippen LogP contribution < -0.4 is 20.5 Å². The average molecular weight is 528 g/mol. The van der Waals surface area contributed by atoms with Crippen LogP contribution in [0.3, 0.4) is 0 Å². The molecule has 0 aliphatic carbocycles. The molecule has 0 saturated heterocycles. The number of nitrogens with one attached hydrogen (secondary N) is 1. The Morgan fingerprint density at radius 3 is 1.97 bits per heavy atom. The van der Waals surface area contributed by atoms with Crippen molar-refractivity contribution >= 4 is 37.8 Å². The highest BCUT2D eigenvalue weighted by atomic mass is 79.9. The third-order valence-corrected chi connectivity index (χ3v) is 6.23. The number of amides is 1. The molecular weight excluding hydrogens is 500 g/mol. The summed E-state index contributed by atoms with van der Waals surface area (Å²) in [6.07, 6.45) is 0.497. The van der Waals surface area contributed by atoms with Crippen molar-refractivity contribution in [1.29, 1.82) is 0 Å².